The number of hydrogen-bond acceptors (Lipinski definition) is 3. The molecule has 150 valence electrons. The lowest BCUT2D eigenvalue weighted by Gasteiger charge is -2.25. The van der Waals surface area contributed by atoms with Crippen LogP contribution in [0.5, 0.6) is 0 Å². The quantitative estimate of drug-likeness (QED) is 0.796. The molecular weight excluding hydrogens is 348 g/mol. The van der Waals surface area contributed by atoms with Crippen LogP contribution in [0.1, 0.15) is 42.1 Å². The van der Waals surface area contributed by atoms with Gasteiger partial charge in [0, 0.05) is 44.5 Å². The molecule has 0 saturated carbocycles. The summed E-state index contributed by atoms with van der Waals surface area (Å²) < 4.78 is 0. The van der Waals surface area contributed by atoms with E-state index in [2.05, 4.69) is 59.4 Å². The third-order valence-corrected chi connectivity index (χ3v) is 5.53. The minimum atomic E-state index is -0.0544. The van der Waals surface area contributed by atoms with Crippen molar-refractivity contribution in [2.24, 2.45) is 0 Å². The number of carbonyl (C=O) groups excluding carboxylic acids is 1. The van der Waals surface area contributed by atoms with E-state index in [-0.39, 0.29) is 12.1 Å². The van der Waals surface area contributed by atoms with Crippen molar-refractivity contribution in [2.45, 2.75) is 52.2 Å². The SMILES string of the molecule is Cc1ccnc(CC(C)N(C)C(=O)NCc2ccc(CN3CCCC3)cc2)c1. The highest BCUT2D eigenvalue weighted by Crippen LogP contribution is 2.13. The molecule has 2 heterocycles. The summed E-state index contributed by atoms with van der Waals surface area (Å²) in [7, 11) is 1.84. The molecule has 0 spiro atoms. The number of rotatable bonds is 7. The lowest BCUT2D eigenvalue weighted by atomic mass is 10.1. The number of carbonyl (C=O) groups is 1. The zero-order valence-corrected chi connectivity index (χ0v) is 17.3. The summed E-state index contributed by atoms with van der Waals surface area (Å²) in [6, 6.07) is 12.7. The fourth-order valence-corrected chi connectivity index (χ4v) is 3.61. The molecule has 2 amide bonds. The predicted octanol–water partition coefficient (Wildman–Crippen LogP) is 3.76. The van der Waals surface area contributed by atoms with Crippen LogP contribution in [-0.4, -0.2) is 47.0 Å². The van der Waals surface area contributed by atoms with Crippen molar-refractivity contribution in [1.82, 2.24) is 20.1 Å². The summed E-state index contributed by atoms with van der Waals surface area (Å²) in [6.45, 7) is 8.10. The molecule has 1 fully saturated rings. The first kappa shape index (κ1) is 20.3. The van der Waals surface area contributed by atoms with Crippen molar-refractivity contribution >= 4 is 6.03 Å². The molecule has 5 heteroatoms. The van der Waals surface area contributed by atoms with E-state index >= 15 is 0 Å². The van der Waals surface area contributed by atoms with Gasteiger partial charge in [0.15, 0.2) is 0 Å². The van der Waals surface area contributed by atoms with Crippen LogP contribution in [-0.2, 0) is 19.5 Å². The molecule has 1 aromatic carbocycles. The Hall–Kier alpha value is -2.40. The summed E-state index contributed by atoms with van der Waals surface area (Å²) in [5.74, 6) is 0. The molecule has 1 unspecified atom stereocenters. The third-order valence-electron chi connectivity index (χ3n) is 5.53. The topological polar surface area (TPSA) is 48.5 Å². The maximum atomic E-state index is 12.5. The molecule has 1 atom stereocenters. The summed E-state index contributed by atoms with van der Waals surface area (Å²) in [6.07, 6.45) is 5.20. The molecule has 28 heavy (non-hydrogen) atoms. The maximum Gasteiger partial charge on any atom is 0.317 e. The Morgan fingerprint density at radius 2 is 1.86 bits per heavy atom. The average molecular weight is 381 g/mol. The Morgan fingerprint density at radius 3 is 2.54 bits per heavy atom. The molecule has 1 N–H and O–H groups in total. The van der Waals surface area contributed by atoms with Crippen LogP contribution in [0.4, 0.5) is 4.79 Å². The van der Waals surface area contributed by atoms with Crippen LogP contribution in [0.15, 0.2) is 42.6 Å². The van der Waals surface area contributed by atoms with E-state index in [1.807, 2.05) is 19.3 Å². The molecular formula is C23H32N4O. The average Bonchev–Trinajstić information content (AvgIpc) is 3.19. The molecule has 0 bridgehead atoms. The third kappa shape index (κ3) is 5.80. The second kappa shape index (κ2) is 9.69. The number of aromatic nitrogens is 1. The van der Waals surface area contributed by atoms with Crippen LogP contribution >= 0.6 is 0 Å². The van der Waals surface area contributed by atoms with Crippen molar-refractivity contribution in [2.75, 3.05) is 20.1 Å². The summed E-state index contributed by atoms with van der Waals surface area (Å²) in [5, 5.41) is 3.03. The highest BCUT2D eigenvalue weighted by molar-refractivity contribution is 5.74. The smallest absolute Gasteiger partial charge is 0.317 e. The van der Waals surface area contributed by atoms with Gasteiger partial charge in [-0.05, 0) is 68.6 Å². The Kier molecular flexibility index (Phi) is 7.04. The first-order valence-corrected chi connectivity index (χ1v) is 10.2. The lowest BCUT2D eigenvalue weighted by molar-refractivity contribution is 0.193. The summed E-state index contributed by atoms with van der Waals surface area (Å²) in [4.78, 5) is 21.1. The van der Waals surface area contributed by atoms with E-state index in [9.17, 15) is 4.79 Å². The molecule has 0 aliphatic carbocycles. The lowest BCUT2D eigenvalue weighted by Crippen LogP contribution is -2.43. The minimum absolute atomic E-state index is 0.0544. The van der Waals surface area contributed by atoms with Gasteiger partial charge in [0.1, 0.15) is 0 Å². The first-order chi connectivity index (χ1) is 13.5. The van der Waals surface area contributed by atoms with Gasteiger partial charge >= 0.3 is 6.03 Å². The van der Waals surface area contributed by atoms with Crippen LogP contribution in [0, 0.1) is 6.92 Å². The monoisotopic (exact) mass is 380 g/mol. The van der Waals surface area contributed by atoms with Gasteiger partial charge in [-0.3, -0.25) is 9.88 Å². The van der Waals surface area contributed by atoms with E-state index in [1.165, 1.54) is 37.1 Å². The van der Waals surface area contributed by atoms with Gasteiger partial charge in [-0.25, -0.2) is 4.79 Å². The van der Waals surface area contributed by atoms with Crippen molar-refractivity contribution in [3.63, 3.8) is 0 Å². The second-order valence-electron chi connectivity index (χ2n) is 7.95. The van der Waals surface area contributed by atoms with Crippen LogP contribution in [0.2, 0.25) is 0 Å². The number of amides is 2. The zero-order valence-electron chi connectivity index (χ0n) is 17.3. The Balaban J connectivity index is 1.45. The second-order valence-corrected chi connectivity index (χ2v) is 7.95. The Bertz CT molecular complexity index is 768. The highest BCUT2D eigenvalue weighted by atomic mass is 16.2. The molecule has 0 radical (unpaired) electrons. The highest BCUT2D eigenvalue weighted by Gasteiger charge is 2.16. The molecule has 1 aliphatic heterocycles. The van der Waals surface area contributed by atoms with E-state index in [0.29, 0.717) is 6.54 Å². The van der Waals surface area contributed by atoms with Gasteiger partial charge in [0.2, 0.25) is 0 Å². The van der Waals surface area contributed by atoms with Gasteiger partial charge in [-0.1, -0.05) is 24.3 Å². The van der Waals surface area contributed by atoms with E-state index in [1.54, 1.807) is 4.90 Å². The van der Waals surface area contributed by atoms with Crippen molar-refractivity contribution in [1.29, 1.82) is 0 Å². The van der Waals surface area contributed by atoms with Gasteiger partial charge in [-0.2, -0.15) is 0 Å². The predicted molar refractivity (Wildman–Crippen MR) is 113 cm³/mol. The number of urea groups is 1. The number of aryl methyl sites for hydroxylation is 1. The van der Waals surface area contributed by atoms with Gasteiger partial charge in [0.05, 0.1) is 0 Å². The van der Waals surface area contributed by atoms with Gasteiger partial charge in [-0.15, -0.1) is 0 Å². The van der Waals surface area contributed by atoms with E-state index in [0.717, 1.165) is 24.2 Å². The van der Waals surface area contributed by atoms with Crippen LogP contribution < -0.4 is 5.32 Å². The number of benzene rings is 1. The van der Waals surface area contributed by atoms with Gasteiger partial charge < -0.3 is 10.2 Å². The van der Waals surface area contributed by atoms with Crippen molar-refractivity contribution in [3.05, 3.63) is 65.0 Å². The fourth-order valence-electron chi connectivity index (χ4n) is 3.61. The first-order valence-electron chi connectivity index (χ1n) is 10.2. The van der Waals surface area contributed by atoms with Crippen LogP contribution in [0.25, 0.3) is 0 Å². The number of nitrogens with one attached hydrogen (secondary N) is 1. The minimum Gasteiger partial charge on any atom is -0.334 e. The Morgan fingerprint density at radius 1 is 1.18 bits per heavy atom. The normalized spacial score (nSPS) is 15.4. The van der Waals surface area contributed by atoms with Crippen molar-refractivity contribution in [3.8, 4) is 0 Å². The zero-order chi connectivity index (χ0) is 19.9. The Labute approximate surface area is 168 Å². The summed E-state index contributed by atoms with van der Waals surface area (Å²) >= 11 is 0. The number of nitrogens with zero attached hydrogens (tertiary/aromatic N) is 3. The molecule has 1 aromatic heterocycles. The number of likely N-dealkylation sites (N-methyl/N-ethyl adjacent to an activating group) is 1. The largest absolute Gasteiger partial charge is 0.334 e. The van der Waals surface area contributed by atoms with E-state index < -0.39 is 0 Å². The molecule has 3 rings (SSSR count). The van der Waals surface area contributed by atoms with Crippen LogP contribution in [0.3, 0.4) is 0 Å². The molecule has 2 aromatic rings. The van der Waals surface area contributed by atoms with Gasteiger partial charge in [0.25, 0.3) is 0 Å². The summed E-state index contributed by atoms with van der Waals surface area (Å²) in [5.41, 5.74) is 4.67. The molecule has 5 nitrogen and oxygen atoms in total. The number of likely N-dealkylation sites (tertiary alicyclic amines) is 1. The molecule has 1 saturated heterocycles. The van der Waals surface area contributed by atoms with Crippen molar-refractivity contribution < 1.29 is 4.79 Å². The fraction of sp³-hybridized carbons (Fsp3) is 0.478. The van der Waals surface area contributed by atoms with E-state index in [4.69, 9.17) is 0 Å². The maximum absolute atomic E-state index is 12.5. The standard InChI is InChI=1S/C23H32N4O/c1-18-10-11-24-22(14-18)15-19(2)26(3)23(28)25-16-20-6-8-21(9-7-20)17-27-12-4-5-13-27/h6-11,14,19H,4-5,12-13,15-17H2,1-3H3,(H,25,28). The number of hydrogen-bond donors (Lipinski definition) is 1. The molecule has 1 aliphatic rings. The number of pyridine rings is 1.